The molecule has 1 N–H and O–H groups in total. The number of fused-ring (bicyclic) bond motifs is 4. The number of aryl methyl sites for hydroxylation is 1. The fourth-order valence-corrected chi connectivity index (χ4v) is 5.50. The van der Waals surface area contributed by atoms with E-state index in [1.165, 1.54) is 17.4 Å². The maximum atomic E-state index is 15.0. The molecule has 1 atom stereocenters. The predicted octanol–water partition coefficient (Wildman–Crippen LogP) is 5.91. The molecule has 1 amide bonds. The number of amides is 1. The summed E-state index contributed by atoms with van der Waals surface area (Å²) in [5, 5.41) is 3.36. The van der Waals surface area contributed by atoms with Crippen molar-refractivity contribution >= 4 is 44.4 Å². The molecule has 10 heteroatoms. The Morgan fingerprint density at radius 1 is 1.19 bits per heavy atom. The van der Waals surface area contributed by atoms with Crippen molar-refractivity contribution in [1.29, 1.82) is 0 Å². The van der Waals surface area contributed by atoms with E-state index in [-0.39, 0.29) is 12.4 Å². The minimum Gasteiger partial charge on any atom is -0.483 e. The third-order valence-corrected chi connectivity index (χ3v) is 7.19. The molecule has 5 aromatic rings. The molecule has 0 fully saturated rings. The number of ether oxygens (including phenoxy) is 3. The number of thiazole rings is 1. The molecule has 8 nitrogen and oxygen atoms in total. The highest BCUT2D eigenvalue weighted by molar-refractivity contribution is 7.22. The van der Waals surface area contributed by atoms with Crippen LogP contribution < -0.4 is 14.8 Å². The fourth-order valence-electron chi connectivity index (χ4n) is 4.39. The quantitative estimate of drug-likeness (QED) is 0.310. The molecular weight excluding hydrogens is 495 g/mol. The summed E-state index contributed by atoms with van der Waals surface area (Å²) in [6.07, 6.45) is 0.869. The Labute approximate surface area is 215 Å². The summed E-state index contributed by atoms with van der Waals surface area (Å²) in [7, 11) is 1.55. The second-order valence-electron chi connectivity index (χ2n) is 8.66. The van der Waals surface area contributed by atoms with Gasteiger partial charge in [-0.2, -0.15) is 0 Å². The van der Waals surface area contributed by atoms with Gasteiger partial charge in [-0.15, -0.1) is 11.3 Å². The van der Waals surface area contributed by atoms with Gasteiger partial charge < -0.3 is 14.2 Å². The van der Waals surface area contributed by atoms with E-state index in [0.717, 1.165) is 21.4 Å². The van der Waals surface area contributed by atoms with Gasteiger partial charge in [0.2, 0.25) is 5.88 Å². The van der Waals surface area contributed by atoms with E-state index in [1.54, 1.807) is 25.4 Å². The molecule has 1 aliphatic heterocycles. The van der Waals surface area contributed by atoms with Crippen LogP contribution in [0, 0.1) is 12.7 Å². The van der Waals surface area contributed by atoms with Crippen molar-refractivity contribution in [2.24, 2.45) is 0 Å². The zero-order chi connectivity index (χ0) is 25.5. The van der Waals surface area contributed by atoms with Crippen LogP contribution in [0.1, 0.15) is 11.1 Å². The summed E-state index contributed by atoms with van der Waals surface area (Å²) in [4.78, 5) is 25.9. The normalized spacial score (nSPS) is 14.4. The molecule has 0 unspecified atom stereocenters. The van der Waals surface area contributed by atoms with E-state index in [4.69, 9.17) is 19.2 Å². The topological polar surface area (TPSA) is 95.5 Å². The largest absolute Gasteiger partial charge is 0.483 e. The molecule has 0 saturated heterocycles. The van der Waals surface area contributed by atoms with Crippen molar-refractivity contribution < 1.29 is 23.4 Å². The SMILES string of the molecule is COc1cnc2c(-c3nc4cc(F)c5c(c4s3)C[C@@H](COC(=O)Nc3ccccc3)O5)cc(C)cc2n1. The smallest absolute Gasteiger partial charge is 0.411 e. The van der Waals surface area contributed by atoms with Crippen LogP contribution in [0.3, 0.4) is 0 Å². The fraction of sp³-hybridized carbons (Fsp3) is 0.185. The second-order valence-corrected chi connectivity index (χ2v) is 9.66. The standard InChI is InChI=1S/C27H21FN4O4S/c1-14-8-17(23-20(9-14)31-22(34-2)12-29-23)26-32-21-11-19(28)24-18(25(21)37-26)10-16(36-24)13-35-27(33)30-15-6-4-3-5-7-15/h3-9,11-12,16H,10,13H2,1-2H3,(H,30,33)/t16-/m0/s1. The van der Waals surface area contributed by atoms with Crippen LogP contribution in [-0.4, -0.2) is 40.9 Å². The number of anilines is 1. The number of halogens is 1. The lowest BCUT2D eigenvalue weighted by molar-refractivity contribution is 0.100. The zero-order valence-electron chi connectivity index (χ0n) is 19.9. The van der Waals surface area contributed by atoms with E-state index >= 15 is 0 Å². The van der Waals surface area contributed by atoms with E-state index in [9.17, 15) is 9.18 Å². The minimum absolute atomic E-state index is 0.0140. The zero-order valence-corrected chi connectivity index (χ0v) is 20.8. The molecule has 3 heterocycles. The molecule has 0 bridgehead atoms. The summed E-state index contributed by atoms with van der Waals surface area (Å²) in [6.45, 7) is 1.96. The molecule has 186 valence electrons. The molecule has 2 aromatic heterocycles. The summed E-state index contributed by atoms with van der Waals surface area (Å²) < 4.78 is 32.2. The summed E-state index contributed by atoms with van der Waals surface area (Å²) in [5.41, 5.74) is 5.08. The Morgan fingerprint density at radius 3 is 2.84 bits per heavy atom. The van der Waals surface area contributed by atoms with Crippen LogP contribution in [0.4, 0.5) is 14.9 Å². The maximum absolute atomic E-state index is 15.0. The Hall–Kier alpha value is -4.31. The van der Waals surface area contributed by atoms with Crippen molar-refractivity contribution in [1.82, 2.24) is 15.0 Å². The van der Waals surface area contributed by atoms with Crippen molar-refractivity contribution in [3.63, 3.8) is 0 Å². The first-order valence-corrected chi connectivity index (χ1v) is 12.4. The second kappa shape index (κ2) is 9.29. The van der Waals surface area contributed by atoms with E-state index in [2.05, 4.69) is 15.3 Å². The Bertz CT molecular complexity index is 1660. The molecule has 0 radical (unpaired) electrons. The van der Waals surface area contributed by atoms with Crippen LogP contribution in [0.25, 0.3) is 31.8 Å². The van der Waals surface area contributed by atoms with Gasteiger partial charge in [0.25, 0.3) is 0 Å². The number of para-hydroxylation sites is 1. The molecular formula is C27H21FN4O4S. The summed E-state index contributed by atoms with van der Waals surface area (Å²) in [5.74, 6) is 0.115. The number of nitrogens with one attached hydrogen (secondary N) is 1. The van der Waals surface area contributed by atoms with Crippen LogP contribution in [0.5, 0.6) is 11.6 Å². The van der Waals surface area contributed by atoms with Gasteiger partial charge in [-0.25, -0.2) is 24.1 Å². The van der Waals surface area contributed by atoms with Crippen LogP contribution in [0.2, 0.25) is 0 Å². The van der Waals surface area contributed by atoms with Crippen molar-refractivity contribution in [2.75, 3.05) is 19.0 Å². The highest BCUT2D eigenvalue weighted by Crippen LogP contribution is 2.43. The molecule has 0 saturated carbocycles. The summed E-state index contributed by atoms with van der Waals surface area (Å²) >= 11 is 1.45. The average Bonchev–Trinajstić information content (AvgIpc) is 3.52. The average molecular weight is 517 g/mol. The monoisotopic (exact) mass is 516 g/mol. The first kappa shape index (κ1) is 23.1. The van der Waals surface area contributed by atoms with Gasteiger partial charge >= 0.3 is 6.09 Å². The molecule has 3 aromatic carbocycles. The Morgan fingerprint density at radius 2 is 2.03 bits per heavy atom. The summed E-state index contributed by atoms with van der Waals surface area (Å²) in [6, 6.07) is 14.3. The number of carbonyl (C=O) groups is 1. The molecule has 0 spiro atoms. The van der Waals surface area contributed by atoms with Gasteiger partial charge in [-0.3, -0.25) is 5.32 Å². The van der Waals surface area contributed by atoms with Crippen LogP contribution in [-0.2, 0) is 11.2 Å². The number of hydrogen-bond donors (Lipinski definition) is 1. The van der Waals surface area contributed by atoms with E-state index in [1.807, 2.05) is 37.3 Å². The number of methoxy groups -OCH3 is 1. The Kier molecular flexibility index (Phi) is 5.80. The highest BCUT2D eigenvalue weighted by atomic mass is 32.1. The number of rotatable bonds is 5. The van der Waals surface area contributed by atoms with Gasteiger partial charge in [0, 0.05) is 29.3 Å². The highest BCUT2D eigenvalue weighted by Gasteiger charge is 2.31. The third kappa shape index (κ3) is 4.40. The first-order valence-electron chi connectivity index (χ1n) is 11.6. The molecule has 6 rings (SSSR count). The number of aromatic nitrogens is 3. The van der Waals surface area contributed by atoms with Gasteiger partial charge in [0.1, 0.15) is 17.7 Å². The van der Waals surface area contributed by atoms with Gasteiger partial charge in [0.15, 0.2) is 11.6 Å². The number of benzene rings is 3. The van der Waals surface area contributed by atoms with Crippen LogP contribution in [0.15, 0.2) is 54.7 Å². The number of nitrogens with zero attached hydrogens (tertiary/aromatic N) is 3. The molecule has 37 heavy (non-hydrogen) atoms. The Balaban J connectivity index is 1.27. The van der Waals surface area contributed by atoms with E-state index in [0.29, 0.717) is 39.5 Å². The number of carbonyl (C=O) groups excluding carboxylic acids is 1. The van der Waals surface area contributed by atoms with Gasteiger partial charge in [0.05, 0.1) is 34.6 Å². The van der Waals surface area contributed by atoms with Crippen molar-refractivity contribution in [3.05, 3.63) is 71.7 Å². The lowest BCUT2D eigenvalue weighted by atomic mass is 10.1. The molecule has 0 aliphatic carbocycles. The van der Waals surface area contributed by atoms with Gasteiger partial charge in [-0.1, -0.05) is 18.2 Å². The molecule has 1 aliphatic rings. The third-order valence-electron chi connectivity index (χ3n) is 6.03. The van der Waals surface area contributed by atoms with Crippen molar-refractivity contribution in [3.8, 4) is 22.2 Å². The first-order chi connectivity index (χ1) is 18.0. The minimum atomic E-state index is -0.597. The van der Waals surface area contributed by atoms with Crippen LogP contribution >= 0.6 is 11.3 Å². The number of hydrogen-bond acceptors (Lipinski definition) is 8. The van der Waals surface area contributed by atoms with Gasteiger partial charge in [-0.05, 0) is 36.8 Å². The van der Waals surface area contributed by atoms with E-state index < -0.39 is 18.0 Å². The lowest BCUT2D eigenvalue weighted by Gasteiger charge is -2.12. The lowest BCUT2D eigenvalue weighted by Crippen LogP contribution is -2.25. The maximum Gasteiger partial charge on any atom is 0.411 e. The van der Waals surface area contributed by atoms with Crippen molar-refractivity contribution in [2.45, 2.75) is 19.4 Å². The predicted molar refractivity (Wildman–Crippen MR) is 139 cm³/mol.